The molecule has 1 aromatic carbocycles. The van der Waals surface area contributed by atoms with Crippen LogP contribution in [0, 0.1) is 0 Å². The van der Waals surface area contributed by atoms with E-state index < -0.39 is 5.60 Å². The number of rotatable bonds is 3. The van der Waals surface area contributed by atoms with Crippen LogP contribution in [-0.2, 0) is 12.8 Å². The summed E-state index contributed by atoms with van der Waals surface area (Å²) in [7, 11) is 1.74. The Morgan fingerprint density at radius 1 is 1.27 bits per heavy atom. The zero-order chi connectivity index (χ0) is 15.9. The molecule has 0 saturated carbocycles. The second-order valence-corrected chi connectivity index (χ2v) is 7.65. The quantitative estimate of drug-likeness (QED) is 0.943. The first-order valence-corrected chi connectivity index (χ1v) is 8.35. The van der Waals surface area contributed by atoms with Gasteiger partial charge in [0.1, 0.15) is 0 Å². The number of amides is 1. The molecule has 1 amide bonds. The molecule has 22 heavy (non-hydrogen) atoms. The average molecular weight is 315 g/mol. The molecule has 1 heterocycles. The van der Waals surface area contributed by atoms with Crippen molar-refractivity contribution in [1.29, 1.82) is 0 Å². The predicted molar refractivity (Wildman–Crippen MR) is 90.4 cm³/mol. The molecule has 116 valence electrons. The Balaban J connectivity index is 1.90. The van der Waals surface area contributed by atoms with Gasteiger partial charge < -0.3 is 10.0 Å². The first-order chi connectivity index (χ1) is 10.3. The van der Waals surface area contributed by atoms with Crippen LogP contribution in [0.1, 0.15) is 34.6 Å². The summed E-state index contributed by atoms with van der Waals surface area (Å²) < 4.78 is 0. The Bertz CT molecular complexity index is 712. The van der Waals surface area contributed by atoms with Crippen LogP contribution in [0.15, 0.2) is 30.3 Å². The highest BCUT2D eigenvalue weighted by Gasteiger charge is 2.25. The van der Waals surface area contributed by atoms with Crippen molar-refractivity contribution >= 4 is 17.2 Å². The maximum atomic E-state index is 12.6. The van der Waals surface area contributed by atoms with Crippen LogP contribution in [0.2, 0.25) is 0 Å². The standard InChI is InChI=1S/C18H21NO2S/c1-18(2,21)11-19(3)17(20)15-10-13-9-8-12-6-4-5-7-14(12)16(13)22-15/h4-7,10,21H,8-9,11H2,1-3H3. The van der Waals surface area contributed by atoms with Gasteiger partial charge in [-0.3, -0.25) is 4.79 Å². The van der Waals surface area contributed by atoms with E-state index >= 15 is 0 Å². The topological polar surface area (TPSA) is 40.5 Å². The summed E-state index contributed by atoms with van der Waals surface area (Å²) in [6.45, 7) is 3.75. The van der Waals surface area contributed by atoms with Gasteiger partial charge in [0.05, 0.1) is 10.5 Å². The van der Waals surface area contributed by atoms with Crippen LogP contribution in [0.25, 0.3) is 10.4 Å². The summed E-state index contributed by atoms with van der Waals surface area (Å²) in [6, 6.07) is 10.5. The van der Waals surface area contributed by atoms with Gasteiger partial charge in [-0.05, 0) is 49.4 Å². The molecule has 1 aliphatic rings. The normalized spacial score (nSPS) is 13.5. The molecule has 0 fully saturated rings. The molecule has 4 heteroatoms. The SMILES string of the molecule is CN(CC(C)(C)O)C(=O)c1cc2c(s1)-c1ccccc1CC2. The largest absolute Gasteiger partial charge is 0.389 e. The van der Waals surface area contributed by atoms with Crippen molar-refractivity contribution in [3.8, 4) is 10.4 Å². The zero-order valence-corrected chi connectivity index (χ0v) is 14.0. The number of benzene rings is 1. The summed E-state index contributed by atoms with van der Waals surface area (Å²) in [5.41, 5.74) is 3.01. The van der Waals surface area contributed by atoms with Crippen LogP contribution < -0.4 is 0 Å². The number of aryl methyl sites for hydroxylation is 2. The number of hydrogen-bond acceptors (Lipinski definition) is 3. The van der Waals surface area contributed by atoms with Gasteiger partial charge in [-0.15, -0.1) is 11.3 Å². The van der Waals surface area contributed by atoms with Crippen molar-refractivity contribution in [2.75, 3.05) is 13.6 Å². The minimum Gasteiger partial charge on any atom is -0.389 e. The number of nitrogens with zero attached hydrogens (tertiary/aromatic N) is 1. The van der Waals surface area contributed by atoms with Gasteiger partial charge in [0.25, 0.3) is 5.91 Å². The lowest BCUT2D eigenvalue weighted by atomic mass is 9.91. The van der Waals surface area contributed by atoms with E-state index in [0.29, 0.717) is 6.54 Å². The van der Waals surface area contributed by atoms with E-state index in [1.807, 2.05) is 6.07 Å². The Kier molecular flexibility index (Phi) is 3.83. The summed E-state index contributed by atoms with van der Waals surface area (Å²) >= 11 is 1.57. The number of aliphatic hydroxyl groups is 1. The lowest BCUT2D eigenvalue weighted by Gasteiger charge is -2.25. The smallest absolute Gasteiger partial charge is 0.263 e. The third-order valence-electron chi connectivity index (χ3n) is 3.92. The molecule has 1 aromatic heterocycles. The number of carbonyl (C=O) groups is 1. The molecule has 3 rings (SSSR count). The fraction of sp³-hybridized carbons (Fsp3) is 0.389. The Morgan fingerprint density at radius 3 is 2.68 bits per heavy atom. The molecule has 1 N–H and O–H groups in total. The van der Waals surface area contributed by atoms with Gasteiger partial charge in [-0.1, -0.05) is 24.3 Å². The predicted octanol–water partition coefficient (Wildman–Crippen LogP) is 3.36. The van der Waals surface area contributed by atoms with E-state index in [9.17, 15) is 9.90 Å². The zero-order valence-electron chi connectivity index (χ0n) is 13.2. The molecule has 0 spiro atoms. The molecule has 2 aromatic rings. The van der Waals surface area contributed by atoms with Crippen LogP contribution in [0.5, 0.6) is 0 Å². The lowest BCUT2D eigenvalue weighted by Crippen LogP contribution is -2.39. The Hall–Kier alpha value is -1.65. The second-order valence-electron chi connectivity index (χ2n) is 6.60. The molecular formula is C18H21NO2S. The third-order valence-corrected chi connectivity index (χ3v) is 5.11. The van der Waals surface area contributed by atoms with Crippen molar-refractivity contribution in [3.63, 3.8) is 0 Å². The van der Waals surface area contributed by atoms with Crippen LogP contribution >= 0.6 is 11.3 Å². The lowest BCUT2D eigenvalue weighted by molar-refractivity contribution is 0.0370. The first kappa shape index (κ1) is 15.3. The minimum absolute atomic E-state index is 0.0148. The first-order valence-electron chi connectivity index (χ1n) is 7.54. The van der Waals surface area contributed by atoms with E-state index in [1.54, 1.807) is 37.1 Å². The van der Waals surface area contributed by atoms with Crippen molar-refractivity contribution in [2.45, 2.75) is 32.3 Å². The summed E-state index contributed by atoms with van der Waals surface area (Å²) in [6.07, 6.45) is 2.03. The highest BCUT2D eigenvalue weighted by atomic mass is 32.1. The molecule has 3 nitrogen and oxygen atoms in total. The maximum absolute atomic E-state index is 12.6. The highest BCUT2D eigenvalue weighted by molar-refractivity contribution is 7.17. The van der Waals surface area contributed by atoms with Gasteiger partial charge in [-0.2, -0.15) is 0 Å². The van der Waals surface area contributed by atoms with E-state index in [-0.39, 0.29) is 5.91 Å². The molecule has 0 unspecified atom stereocenters. The maximum Gasteiger partial charge on any atom is 0.263 e. The van der Waals surface area contributed by atoms with Gasteiger partial charge in [-0.25, -0.2) is 0 Å². The van der Waals surface area contributed by atoms with E-state index in [0.717, 1.165) is 17.7 Å². The van der Waals surface area contributed by atoms with E-state index in [4.69, 9.17) is 0 Å². The van der Waals surface area contributed by atoms with Gasteiger partial charge >= 0.3 is 0 Å². The highest BCUT2D eigenvalue weighted by Crippen LogP contribution is 2.39. The minimum atomic E-state index is -0.881. The molecule has 0 atom stereocenters. The molecule has 0 radical (unpaired) electrons. The van der Waals surface area contributed by atoms with Crippen molar-refractivity contribution in [1.82, 2.24) is 4.90 Å². The fourth-order valence-corrected chi connectivity index (χ4v) is 4.28. The molecule has 0 aliphatic heterocycles. The van der Waals surface area contributed by atoms with Crippen LogP contribution in [-0.4, -0.2) is 35.1 Å². The van der Waals surface area contributed by atoms with Crippen molar-refractivity contribution in [2.24, 2.45) is 0 Å². The Labute approximate surface area is 135 Å². The molecule has 1 aliphatic carbocycles. The van der Waals surface area contributed by atoms with Gasteiger partial charge in [0, 0.05) is 18.5 Å². The van der Waals surface area contributed by atoms with E-state index in [1.165, 1.54) is 21.6 Å². The van der Waals surface area contributed by atoms with Gasteiger partial charge in [0.2, 0.25) is 0 Å². The average Bonchev–Trinajstić information content (AvgIpc) is 2.89. The van der Waals surface area contributed by atoms with Crippen LogP contribution in [0.4, 0.5) is 0 Å². The van der Waals surface area contributed by atoms with Crippen molar-refractivity contribution < 1.29 is 9.90 Å². The number of thiophene rings is 1. The monoisotopic (exact) mass is 315 g/mol. The number of carbonyl (C=O) groups excluding carboxylic acids is 1. The third kappa shape index (κ3) is 2.94. The summed E-state index contributed by atoms with van der Waals surface area (Å²) in [4.78, 5) is 16.2. The fourth-order valence-electron chi connectivity index (χ4n) is 3.02. The Morgan fingerprint density at radius 2 is 1.95 bits per heavy atom. The number of hydrogen-bond donors (Lipinski definition) is 1. The molecule has 0 saturated heterocycles. The van der Waals surface area contributed by atoms with E-state index in [2.05, 4.69) is 24.3 Å². The van der Waals surface area contributed by atoms with Gasteiger partial charge in [0.15, 0.2) is 0 Å². The molecular weight excluding hydrogens is 294 g/mol. The summed E-state index contributed by atoms with van der Waals surface area (Å²) in [5.74, 6) is -0.0148. The van der Waals surface area contributed by atoms with Crippen LogP contribution in [0.3, 0.4) is 0 Å². The summed E-state index contributed by atoms with van der Waals surface area (Å²) in [5, 5.41) is 9.89. The molecule has 0 bridgehead atoms. The number of fused-ring (bicyclic) bond motifs is 3. The second kappa shape index (κ2) is 5.52. The van der Waals surface area contributed by atoms with Crippen molar-refractivity contribution in [3.05, 3.63) is 46.3 Å². The number of likely N-dealkylation sites (N-methyl/N-ethyl adjacent to an activating group) is 1.